The van der Waals surface area contributed by atoms with Crippen LogP contribution in [0.4, 0.5) is 0 Å². The number of thiol groups is 2. The highest BCUT2D eigenvalue weighted by molar-refractivity contribution is 7.98. The Bertz CT molecular complexity index is 4890. The largest absolute Gasteiger partial charge is 0.508 e. The molecule has 0 aliphatic rings. The van der Waals surface area contributed by atoms with Crippen LogP contribution in [0.3, 0.4) is 0 Å². The molecule has 0 saturated carbocycles. The molecule has 714 valence electrons. The van der Waals surface area contributed by atoms with Gasteiger partial charge < -0.3 is 133 Å². The first kappa shape index (κ1) is 107. The second-order valence-corrected chi connectivity index (χ2v) is 33.3. The molecule has 0 fully saturated rings. The fraction of sp³-hybridized carbons (Fsp3) is 0.477. The Kier molecular flexibility index (Phi) is 45.2. The number of carbonyl (C=O) groups is 16. The zero-order valence-electron chi connectivity index (χ0n) is 73.4. The van der Waals surface area contributed by atoms with Crippen molar-refractivity contribution in [2.45, 2.75) is 190 Å². The van der Waals surface area contributed by atoms with Crippen LogP contribution in [-0.2, 0) is 107 Å². The molecule has 42 nitrogen and oxygen atoms in total. The Hall–Kier alpha value is -12.7. The van der Waals surface area contributed by atoms with E-state index in [4.69, 9.17) is 33.1 Å². The number of thioether (sulfide) groups is 1. The molecule has 0 aliphatic carbocycles. The number of aromatic nitrogens is 2. The first-order valence-corrected chi connectivity index (χ1v) is 45.2. The van der Waals surface area contributed by atoms with Gasteiger partial charge in [-0.3, -0.25) is 82.1 Å². The lowest BCUT2D eigenvalue weighted by molar-refractivity contribution is -0.137. The quantitative estimate of drug-likeness (QED) is 0.00766. The lowest BCUT2D eigenvalue weighted by Gasteiger charge is -2.29. The van der Waals surface area contributed by atoms with Gasteiger partial charge in [-0.05, 0) is 141 Å². The number of phenols is 2. The molecule has 2 heterocycles. The van der Waals surface area contributed by atoms with Crippen molar-refractivity contribution in [1.29, 1.82) is 5.41 Å². The van der Waals surface area contributed by atoms with Gasteiger partial charge in [-0.1, -0.05) is 74.5 Å². The van der Waals surface area contributed by atoms with Gasteiger partial charge in [0.1, 0.15) is 90.6 Å². The highest BCUT2D eigenvalue weighted by Crippen LogP contribution is 2.23. The molecule has 6 aromatic rings. The van der Waals surface area contributed by atoms with E-state index in [0.717, 1.165) is 0 Å². The summed E-state index contributed by atoms with van der Waals surface area (Å²) in [5, 5.41) is 79.3. The number of aliphatic hydroxyl groups is 1. The molecule has 45 heteroatoms. The Morgan fingerprint density at radius 2 is 0.885 bits per heavy atom. The summed E-state index contributed by atoms with van der Waals surface area (Å²) < 4.78 is 5.41. The second-order valence-electron chi connectivity index (χ2n) is 31.6. The van der Waals surface area contributed by atoms with Crippen molar-refractivity contribution in [2.75, 3.05) is 62.9 Å². The van der Waals surface area contributed by atoms with Gasteiger partial charge in [0.2, 0.25) is 94.5 Å². The van der Waals surface area contributed by atoms with E-state index in [2.05, 4.69) is 115 Å². The first-order valence-electron chi connectivity index (χ1n) is 42.5. The minimum atomic E-state index is -1.81. The summed E-state index contributed by atoms with van der Waals surface area (Å²) in [5.41, 5.74) is 25.0. The van der Waals surface area contributed by atoms with Crippen molar-refractivity contribution >= 4 is 159 Å². The number of fused-ring (bicyclic) bond motifs is 2. The van der Waals surface area contributed by atoms with E-state index in [1.54, 1.807) is 81.0 Å². The highest BCUT2D eigenvalue weighted by atomic mass is 32.2. The smallest absolute Gasteiger partial charge is 0.246 e. The SMILES string of the molecule is CSCC[C@H](NC(=O)[C@H](CS)NC(C)=O)C(=O)N[C@H](C(=O)N[C@@H](Cc1c[nH]c2ccccc12)C(=O)N[C@@H](CCC(N)=O)C(=O)N[C@@H](CS)C(=O)N[C@@H](Cc1ccc(O)cc1)C(=O)N[C@@H](Cc1c[nH]c2ccccc12)C(=O)N[C@@H](CC(C)C)C(=O)N[C@@H](Cc1ccc(O)cc1)C(=O)NCC(=O)N[C@@H](CCCNC(=N)N)C(=O)NCCOCC(=O)N[C@H](CCCCN)C(N)=O)[C@@H](C)O. The van der Waals surface area contributed by atoms with E-state index in [1.165, 1.54) is 74.1 Å². The summed E-state index contributed by atoms with van der Waals surface area (Å²) in [7, 11) is 0. The molecule has 6 rings (SSSR count). The summed E-state index contributed by atoms with van der Waals surface area (Å²) >= 11 is 9.90. The number of aromatic hydroxyl groups is 2. The third kappa shape index (κ3) is 37.0. The molecular formula is C86H122N22O20S3. The molecule has 4 aromatic carbocycles. The molecular weight excluding hydrogens is 1760 g/mol. The average Bonchev–Trinajstić information content (AvgIpc) is 1.72. The van der Waals surface area contributed by atoms with E-state index < -0.39 is 205 Å². The maximum Gasteiger partial charge on any atom is 0.246 e. The number of primary amides is 2. The van der Waals surface area contributed by atoms with Crippen LogP contribution in [0, 0.1) is 11.3 Å². The number of ether oxygens (including phenoxy) is 1. The number of carbonyl (C=O) groups excluding carboxylic acids is 16. The molecule has 0 unspecified atom stereocenters. The van der Waals surface area contributed by atoms with E-state index in [0.29, 0.717) is 69.2 Å². The van der Waals surface area contributed by atoms with Crippen LogP contribution in [-0.4, -0.2) is 267 Å². The fourth-order valence-corrected chi connectivity index (χ4v) is 14.7. The molecule has 13 atom stereocenters. The van der Waals surface area contributed by atoms with Gasteiger partial charge in [-0.25, -0.2) is 0 Å². The number of para-hydroxylation sites is 2. The molecule has 0 radical (unpaired) electrons. The van der Waals surface area contributed by atoms with E-state index in [1.807, 2.05) is 0 Å². The minimum absolute atomic E-state index is 0.0181. The number of aromatic amines is 2. The van der Waals surface area contributed by atoms with Crippen molar-refractivity contribution in [3.8, 4) is 11.5 Å². The Balaban J connectivity index is 1.25. The predicted molar refractivity (Wildman–Crippen MR) is 495 cm³/mol. The topological polar surface area (TPSA) is 683 Å². The number of guanidine groups is 1. The number of benzene rings is 4. The summed E-state index contributed by atoms with van der Waals surface area (Å²) in [6.45, 7) is 4.77. The van der Waals surface area contributed by atoms with Crippen molar-refractivity contribution in [3.63, 3.8) is 0 Å². The van der Waals surface area contributed by atoms with Gasteiger partial charge in [0, 0.05) is 97.8 Å². The molecule has 0 bridgehead atoms. The Labute approximate surface area is 771 Å². The highest BCUT2D eigenvalue weighted by Gasteiger charge is 2.39. The van der Waals surface area contributed by atoms with Crippen molar-refractivity contribution in [2.24, 2.45) is 28.9 Å². The molecule has 2 aromatic heterocycles. The molecule has 29 N–H and O–H groups in total. The maximum atomic E-state index is 15.4. The standard InChI is InChI=1S/C86H122N22O20S3/c1-46(2)35-63(79(121)103-64(36-49-19-23-53(111)24-20-49)76(118)96-42-71(114)99-60(18-12-31-93-86(90)91)75(117)92-32-33-128-43-72(115)98-59(74(89)116)17-10-11-30-87)102-82(124)66(38-51-40-94-57-15-8-6-13-55(51)57)105-80(122)65(37-50-21-25-54(112)26-22-50)104-84(126)69(45-130)107-77(119)61(27-28-70(88)113)100-81(123)67(39-52-41-95-58-16-9-7-14-56(52)58)106-85(127)73(47(3)109)108-78(120)62(29-34-131-5)101-83(125)68(44-129)97-48(4)110/h6-9,13-16,19-26,40-41,46-47,59-69,73,94-95,109,111-112,129-130H,10-12,17-18,27-39,42-45,87H2,1-5H3,(H2,88,113)(H2,89,116)(H,92,117)(H,96,118)(H,97,110)(H,98,115)(H,99,114)(H,100,123)(H,101,125)(H,102,124)(H,103,121)(H,104,126)(H,105,122)(H,106,127)(H,107,119)(H,108,120)(H4,90,91,93)/t47-,59-,60+,61+,62+,63+,64+,65+,66+,67+,68+,69+,73+/m1/s1. The number of hydrogen-bond acceptors (Lipinski definition) is 25. The first-order chi connectivity index (χ1) is 62.4. The molecule has 16 amide bonds. The number of nitrogens with one attached hydrogen (secondary N) is 18. The molecule has 131 heavy (non-hydrogen) atoms. The number of rotatable bonds is 58. The van der Waals surface area contributed by atoms with Crippen molar-refractivity contribution < 1.29 is 96.8 Å². The molecule has 0 aliphatic heterocycles. The summed E-state index contributed by atoms with van der Waals surface area (Å²) in [4.78, 5) is 229. The van der Waals surface area contributed by atoms with Crippen LogP contribution in [0.1, 0.15) is 108 Å². The second kappa shape index (κ2) is 55.3. The number of aliphatic hydroxyl groups excluding tert-OH is 1. The van der Waals surface area contributed by atoms with Crippen LogP contribution in [0.15, 0.2) is 109 Å². The molecule has 0 spiro atoms. The number of H-pyrrole nitrogens is 2. The van der Waals surface area contributed by atoms with Gasteiger partial charge in [0.15, 0.2) is 5.96 Å². The third-order valence-electron chi connectivity index (χ3n) is 20.6. The Morgan fingerprint density at radius 3 is 1.37 bits per heavy atom. The summed E-state index contributed by atoms with van der Waals surface area (Å²) in [5.74, 6) is -15.6. The van der Waals surface area contributed by atoms with Crippen molar-refractivity contribution in [1.82, 2.24) is 89.7 Å². The van der Waals surface area contributed by atoms with E-state index in [-0.39, 0.29) is 107 Å². The Morgan fingerprint density at radius 1 is 0.458 bits per heavy atom. The lowest BCUT2D eigenvalue weighted by Crippen LogP contribution is -2.62. The van der Waals surface area contributed by atoms with Crippen LogP contribution in [0.25, 0.3) is 21.8 Å². The monoisotopic (exact) mass is 1880 g/mol. The number of phenolic OH excluding ortho intramolecular Hbond substituents is 2. The number of amides is 16. The predicted octanol–water partition coefficient (Wildman–Crippen LogP) is -3.40. The van der Waals surface area contributed by atoms with Crippen LogP contribution in [0.2, 0.25) is 0 Å². The van der Waals surface area contributed by atoms with Gasteiger partial charge in [0.05, 0.1) is 19.3 Å². The zero-order valence-corrected chi connectivity index (χ0v) is 76.0. The lowest BCUT2D eigenvalue weighted by atomic mass is 9.99. The maximum absolute atomic E-state index is 15.4. The van der Waals surface area contributed by atoms with Gasteiger partial charge in [0.25, 0.3) is 0 Å². The summed E-state index contributed by atoms with van der Waals surface area (Å²) in [6, 6.07) is 7.20. The van der Waals surface area contributed by atoms with Crippen LogP contribution in [0.5, 0.6) is 11.5 Å². The fourth-order valence-electron chi connectivity index (χ4n) is 13.7. The van der Waals surface area contributed by atoms with Gasteiger partial charge in [-0.15, -0.1) is 0 Å². The van der Waals surface area contributed by atoms with Gasteiger partial charge >= 0.3 is 0 Å². The number of unbranched alkanes of at least 4 members (excludes halogenated alkanes) is 1. The summed E-state index contributed by atoms with van der Waals surface area (Å²) in [6.07, 6.45) is 2.48. The normalized spacial score (nSPS) is 14.2. The zero-order chi connectivity index (χ0) is 96.4. The van der Waals surface area contributed by atoms with Crippen LogP contribution < -0.4 is 103 Å². The molecule has 0 saturated heterocycles. The third-order valence-corrected chi connectivity index (χ3v) is 22.0. The van der Waals surface area contributed by atoms with Gasteiger partial charge in [-0.2, -0.15) is 37.0 Å². The average molecular weight is 1880 g/mol. The van der Waals surface area contributed by atoms with Crippen molar-refractivity contribution in [3.05, 3.63) is 132 Å². The minimum Gasteiger partial charge on any atom is -0.508 e. The van der Waals surface area contributed by atoms with E-state index >= 15 is 9.59 Å². The number of nitrogens with two attached hydrogens (primary N) is 4. The van der Waals surface area contributed by atoms with E-state index in [9.17, 15) is 82.4 Å². The number of hydrogen-bond donors (Lipinski definition) is 27. The van der Waals surface area contributed by atoms with Crippen LogP contribution >= 0.6 is 37.0 Å².